The topological polar surface area (TPSA) is 266 Å². The summed E-state index contributed by atoms with van der Waals surface area (Å²) in [6, 6.07) is -0.0273. The minimum atomic E-state index is -4.96. The van der Waals surface area contributed by atoms with Gasteiger partial charge in [-0.2, -0.15) is 13.5 Å². The summed E-state index contributed by atoms with van der Waals surface area (Å²) in [4.78, 5) is 38.2. The van der Waals surface area contributed by atoms with Gasteiger partial charge in [-0.1, -0.05) is 5.16 Å². The zero-order chi connectivity index (χ0) is 27.5. The largest absolute Gasteiger partial charge is 0.505 e. The fourth-order valence-corrected chi connectivity index (χ4v) is 4.05. The van der Waals surface area contributed by atoms with Crippen molar-refractivity contribution in [1.29, 1.82) is 5.41 Å². The third-order valence-electron chi connectivity index (χ3n) is 4.80. The first-order chi connectivity index (χ1) is 17.2. The van der Waals surface area contributed by atoms with E-state index in [1.54, 1.807) is 0 Å². The number of hydrogen-bond acceptors (Lipinski definition) is 14. The lowest BCUT2D eigenvalue weighted by Crippen LogP contribution is -2.76. The SMILES string of the molecule is CC1(C)[C@H](NC(=O)/C(=N\OCCOc2cnc(C(=N)N)c(O)c2)c2csc(N)n2)C(=O)N1OS(=O)(=O)O. The van der Waals surface area contributed by atoms with Gasteiger partial charge in [-0.05, 0) is 13.8 Å². The molecule has 0 spiro atoms. The van der Waals surface area contributed by atoms with Crippen molar-refractivity contribution in [2.24, 2.45) is 10.9 Å². The van der Waals surface area contributed by atoms with Crippen LogP contribution >= 0.6 is 11.3 Å². The number of nitrogens with one attached hydrogen (secondary N) is 2. The predicted molar refractivity (Wildman–Crippen MR) is 127 cm³/mol. The molecule has 17 nitrogen and oxygen atoms in total. The number of thiazole rings is 1. The Morgan fingerprint density at radius 2 is 2.11 bits per heavy atom. The lowest BCUT2D eigenvalue weighted by molar-refractivity contribution is -0.218. The summed E-state index contributed by atoms with van der Waals surface area (Å²) in [6.45, 7) is 2.53. The quantitative estimate of drug-likeness (QED) is 0.0470. The minimum Gasteiger partial charge on any atom is -0.505 e. The average Bonchev–Trinajstić information content (AvgIpc) is 3.22. The Labute approximate surface area is 213 Å². The van der Waals surface area contributed by atoms with Gasteiger partial charge in [0, 0.05) is 11.4 Å². The summed E-state index contributed by atoms with van der Waals surface area (Å²) in [6.07, 6.45) is 1.24. The van der Waals surface area contributed by atoms with Gasteiger partial charge in [0.15, 0.2) is 17.5 Å². The molecule has 2 aromatic heterocycles. The van der Waals surface area contributed by atoms with Crippen LogP contribution in [0, 0.1) is 5.41 Å². The number of oxime groups is 1. The molecule has 0 bridgehead atoms. The number of β-lactam (4-membered cyclic amide) rings is 1. The Morgan fingerprint density at radius 1 is 1.41 bits per heavy atom. The lowest BCUT2D eigenvalue weighted by Gasteiger charge is -2.50. The first kappa shape index (κ1) is 27.5. The monoisotopic (exact) mass is 558 g/mol. The molecule has 200 valence electrons. The molecule has 19 heteroatoms. The van der Waals surface area contributed by atoms with Gasteiger partial charge in [-0.15, -0.1) is 15.6 Å². The second kappa shape index (κ2) is 10.5. The number of anilines is 1. The summed E-state index contributed by atoms with van der Waals surface area (Å²) < 4.78 is 40.4. The highest BCUT2D eigenvalue weighted by molar-refractivity contribution is 7.80. The third kappa shape index (κ3) is 6.39. The van der Waals surface area contributed by atoms with Crippen molar-refractivity contribution in [2.45, 2.75) is 25.4 Å². The van der Waals surface area contributed by atoms with Crippen molar-refractivity contribution in [3.63, 3.8) is 0 Å². The Hall–Kier alpha value is -4.07. The van der Waals surface area contributed by atoms with Gasteiger partial charge in [0.05, 0.1) is 11.7 Å². The molecular weight excluding hydrogens is 536 g/mol. The van der Waals surface area contributed by atoms with Crippen molar-refractivity contribution < 1.29 is 41.5 Å². The van der Waals surface area contributed by atoms with Crippen LogP contribution in [0.2, 0.25) is 0 Å². The molecule has 1 saturated heterocycles. The number of hydrogen-bond donors (Lipinski definition) is 6. The molecule has 1 aliphatic rings. The van der Waals surface area contributed by atoms with Crippen molar-refractivity contribution in [2.75, 3.05) is 18.9 Å². The lowest BCUT2D eigenvalue weighted by atomic mass is 9.84. The number of hydroxylamine groups is 2. The number of amidine groups is 1. The Kier molecular flexibility index (Phi) is 7.81. The van der Waals surface area contributed by atoms with Gasteiger partial charge < -0.3 is 31.5 Å². The predicted octanol–water partition coefficient (Wildman–Crippen LogP) is -1.25. The van der Waals surface area contributed by atoms with E-state index in [-0.39, 0.29) is 46.9 Å². The number of carbonyl (C=O) groups excluding carboxylic acids is 2. The first-order valence-corrected chi connectivity index (χ1v) is 12.3. The van der Waals surface area contributed by atoms with Gasteiger partial charge in [0.2, 0.25) is 0 Å². The van der Waals surface area contributed by atoms with E-state index in [1.165, 1.54) is 31.5 Å². The number of aromatic hydroxyl groups is 1. The summed E-state index contributed by atoms with van der Waals surface area (Å²) in [5.74, 6) is -2.44. The number of amides is 2. The van der Waals surface area contributed by atoms with Crippen molar-refractivity contribution >= 4 is 50.2 Å². The van der Waals surface area contributed by atoms with Crippen LogP contribution in [-0.2, 0) is 29.1 Å². The van der Waals surface area contributed by atoms with E-state index < -0.39 is 39.6 Å². The van der Waals surface area contributed by atoms with Crippen LogP contribution in [0.3, 0.4) is 0 Å². The summed E-state index contributed by atoms with van der Waals surface area (Å²) in [5.41, 5.74) is 9.17. The van der Waals surface area contributed by atoms with Crippen LogP contribution in [0.15, 0.2) is 22.8 Å². The van der Waals surface area contributed by atoms with Crippen LogP contribution in [0.4, 0.5) is 5.13 Å². The van der Waals surface area contributed by atoms with E-state index in [0.29, 0.717) is 5.06 Å². The van der Waals surface area contributed by atoms with E-state index in [2.05, 4.69) is 24.7 Å². The molecule has 0 aromatic carbocycles. The number of nitrogens with zero attached hydrogens (tertiary/aromatic N) is 4. The van der Waals surface area contributed by atoms with Gasteiger partial charge in [-0.3, -0.25) is 19.6 Å². The van der Waals surface area contributed by atoms with Gasteiger partial charge in [-0.25, -0.2) is 9.97 Å². The molecule has 0 aliphatic carbocycles. The maximum absolute atomic E-state index is 12.9. The Bertz CT molecular complexity index is 1360. The standard InChI is InChI=1S/C18H22N8O9S2/c1-18(2)13(16(29)26(18)35-37(30,31)32)24-15(28)11(9-7-36-17(21)23-9)25-34-4-3-33-8-5-10(27)12(14(19)20)22-6-8/h5-7,13,27H,3-4H2,1-2H3,(H3,19,20)(H2,21,23)(H,24,28)(H,30,31,32)/b25-11-/t13-/m1/s1. The molecule has 8 N–H and O–H groups in total. The van der Waals surface area contributed by atoms with E-state index in [9.17, 15) is 23.1 Å². The summed E-state index contributed by atoms with van der Waals surface area (Å²) >= 11 is 1.02. The van der Waals surface area contributed by atoms with Crippen molar-refractivity contribution in [3.05, 3.63) is 29.0 Å². The van der Waals surface area contributed by atoms with E-state index in [4.69, 9.17) is 31.0 Å². The third-order valence-corrected chi connectivity index (χ3v) is 5.81. The minimum absolute atomic E-state index is 0.0467. The second-order valence-corrected chi connectivity index (χ2v) is 9.73. The molecule has 0 radical (unpaired) electrons. The van der Waals surface area contributed by atoms with Crippen molar-refractivity contribution in [1.82, 2.24) is 20.3 Å². The Balaban J connectivity index is 1.65. The average molecular weight is 559 g/mol. The second-order valence-electron chi connectivity index (χ2n) is 7.84. The maximum atomic E-state index is 12.9. The molecule has 3 rings (SSSR count). The molecule has 2 aromatic rings. The molecule has 0 saturated carbocycles. The summed E-state index contributed by atoms with van der Waals surface area (Å²) in [5, 5.41) is 25.2. The van der Waals surface area contributed by atoms with Crippen LogP contribution < -0.4 is 21.5 Å². The van der Waals surface area contributed by atoms with Crippen molar-refractivity contribution in [3.8, 4) is 11.5 Å². The van der Waals surface area contributed by atoms with E-state index in [1.807, 2.05) is 0 Å². The smallest absolute Gasteiger partial charge is 0.418 e. The zero-order valence-corrected chi connectivity index (χ0v) is 20.9. The van der Waals surface area contributed by atoms with Crippen LogP contribution in [0.1, 0.15) is 25.2 Å². The molecule has 2 amide bonds. The van der Waals surface area contributed by atoms with E-state index >= 15 is 0 Å². The molecule has 1 fully saturated rings. The molecular formula is C18H22N8O9S2. The number of ether oxygens (including phenoxy) is 1. The number of carbonyl (C=O) groups is 2. The maximum Gasteiger partial charge on any atom is 0.418 e. The molecule has 37 heavy (non-hydrogen) atoms. The molecule has 1 atom stereocenters. The zero-order valence-electron chi connectivity index (χ0n) is 19.2. The summed E-state index contributed by atoms with van der Waals surface area (Å²) in [7, 11) is -4.96. The number of nitrogen functional groups attached to an aromatic ring is 2. The highest BCUT2D eigenvalue weighted by Crippen LogP contribution is 2.33. The molecule has 0 unspecified atom stereocenters. The van der Waals surface area contributed by atoms with Crippen LogP contribution in [0.25, 0.3) is 0 Å². The van der Waals surface area contributed by atoms with Crippen LogP contribution in [0.5, 0.6) is 11.5 Å². The fourth-order valence-electron chi connectivity index (χ4n) is 3.05. The highest BCUT2D eigenvalue weighted by atomic mass is 32.3. The highest BCUT2D eigenvalue weighted by Gasteiger charge is 2.58. The normalized spacial score (nSPS) is 17.2. The Morgan fingerprint density at radius 3 is 2.65 bits per heavy atom. The van der Waals surface area contributed by atoms with Gasteiger partial charge >= 0.3 is 10.4 Å². The molecule has 1 aliphatic heterocycles. The van der Waals surface area contributed by atoms with Crippen LogP contribution in [-0.4, -0.2) is 81.3 Å². The van der Waals surface area contributed by atoms with Gasteiger partial charge in [0.25, 0.3) is 11.8 Å². The fraction of sp³-hybridized carbons (Fsp3) is 0.333. The van der Waals surface area contributed by atoms with E-state index in [0.717, 1.165) is 11.3 Å². The molecule has 3 heterocycles. The number of rotatable bonds is 11. The number of aromatic nitrogens is 2. The first-order valence-electron chi connectivity index (χ1n) is 10.1. The number of nitrogens with two attached hydrogens (primary N) is 2. The number of pyridine rings is 1. The van der Waals surface area contributed by atoms with Gasteiger partial charge in [0.1, 0.15) is 41.4 Å².